The maximum absolute atomic E-state index is 14.2. The van der Waals surface area contributed by atoms with Crippen LogP contribution in [0.3, 0.4) is 0 Å². The Balaban J connectivity index is 0.000000255. The largest absolute Gasteiger partial charge is 0.465 e. The van der Waals surface area contributed by atoms with Gasteiger partial charge in [-0.25, -0.2) is 22.6 Å². The number of sulfone groups is 1. The zero-order valence-corrected chi connectivity index (χ0v) is 34.2. The number of ether oxygens (including phenoxy) is 3. The first-order valence-electron chi connectivity index (χ1n) is 18.5. The molecule has 1 fully saturated rings. The number of amides is 1. The van der Waals surface area contributed by atoms with E-state index in [1.54, 1.807) is 39.0 Å². The van der Waals surface area contributed by atoms with Crippen LogP contribution in [0.2, 0.25) is 0 Å². The molecule has 4 heterocycles. The Morgan fingerprint density at radius 2 is 1.68 bits per heavy atom. The summed E-state index contributed by atoms with van der Waals surface area (Å²) >= 11 is 0. The van der Waals surface area contributed by atoms with E-state index in [2.05, 4.69) is 25.8 Å². The lowest BCUT2D eigenvalue weighted by atomic mass is 10.0. The number of carbonyl (C=O) groups excluding carboxylic acids is 3. The summed E-state index contributed by atoms with van der Waals surface area (Å²) in [5.41, 5.74) is 9.25. The second-order valence-electron chi connectivity index (χ2n) is 15.3. The Labute approximate surface area is 345 Å². The van der Waals surface area contributed by atoms with E-state index >= 15 is 0 Å². The van der Waals surface area contributed by atoms with Gasteiger partial charge in [0.25, 0.3) is 5.91 Å². The van der Waals surface area contributed by atoms with Crippen molar-refractivity contribution in [3.8, 4) is 12.1 Å². The van der Waals surface area contributed by atoms with E-state index in [4.69, 9.17) is 20.5 Å². The molecule has 0 spiro atoms. The zero-order chi connectivity index (χ0) is 43.6. The number of pyridine rings is 3. The van der Waals surface area contributed by atoms with Gasteiger partial charge in [0.1, 0.15) is 17.2 Å². The normalized spacial score (nSPS) is 14.3. The number of benzene rings is 2. The molecule has 1 unspecified atom stereocenters. The van der Waals surface area contributed by atoms with Crippen LogP contribution in [-0.2, 0) is 54.0 Å². The fraction of sp³-hybridized carbons (Fsp3) is 0.302. The summed E-state index contributed by atoms with van der Waals surface area (Å²) in [7, 11) is -2.65. The summed E-state index contributed by atoms with van der Waals surface area (Å²) in [4.78, 5) is 50.9. The van der Waals surface area contributed by atoms with E-state index in [-0.39, 0.29) is 33.9 Å². The molecule has 17 heteroatoms. The summed E-state index contributed by atoms with van der Waals surface area (Å²) in [6.07, 6.45) is 5.03. The van der Waals surface area contributed by atoms with Crippen molar-refractivity contribution in [2.24, 2.45) is 0 Å². The maximum Gasteiger partial charge on any atom is 0.339 e. The van der Waals surface area contributed by atoms with Gasteiger partial charge in [0.05, 0.1) is 83.0 Å². The fourth-order valence-electron chi connectivity index (χ4n) is 6.50. The Morgan fingerprint density at radius 1 is 0.983 bits per heavy atom. The van der Waals surface area contributed by atoms with Gasteiger partial charge in [-0.05, 0) is 93.3 Å². The van der Waals surface area contributed by atoms with Gasteiger partial charge >= 0.3 is 11.9 Å². The molecule has 3 aromatic heterocycles. The van der Waals surface area contributed by atoms with Gasteiger partial charge in [-0.3, -0.25) is 19.6 Å². The molecule has 1 amide bonds. The van der Waals surface area contributed by atoms with E-state index in [0.29, 0.717) is 48.6 Å². The molecular weight excluding hydrogens is 794 g/mol. The zero-order valence-electron chi connectivity index (χ0n) is 33.4. The van der Waals surface area contributed by atoms with E-state index in [0.717, 1.165) is 34.9 Å². The van der Waals surface area contributed by atoms with Crippen LogP contribution in [0.4, 0.5) is 15.9 Å². The van der Waals surface area contributed by atoms with Crippen LogP contribution in [0.5, 0.6) is 0 Å². The third-order valence-electron chi connectivity index (χ3n) is 9.73. The molecule has 2 aromatic carbocycles. The molecule has 15 nitrogen and oxygen atoms in total. The maximum atomic E-state index is 14.2. The number of nitriles is 2. The molecule has 60 heavy (non-hydrogen) atoms. The van der Waals surface area contributed by atoms with Crippen molar-refractivity contribution in [3.05, 3.63) is 118 Å². The summed E-state index contributed by atoms with van der Waals surface area (Å²) in [6.45, 7) is 5.93. The van der Waals surface area contributed by atoms with Crippen molar-refractivity contribution < 1.29 is 41.4 Å². The van der Waals surface area contributed by atoms with Gasteiger partial charge in [-0.15, -0.1) is 0 Å². The smallest absolute Gasteiger partial charge is 0.339 e. The monoisotopic (exact) mass is 833 g/mol. The van der Waals surface area contributed by atoms with E-state index in [1.165, 1.54) is 42.6 Å². The van der Waals surface area contributed by atoms with Gasteiger partial charge in [0.15, 0.2) is 15.8 Å². The van der Waals surface area contributed by atoms with Crippen molar-refractivity contribution in [2.75, 3.05) is 24.0 Å². The molecule has 1 aliphatic carbocycles. The molecule has 2 N–H and O–H groups in total. The number of rotatable bonds is 9. The number of hydrogen-bond donors (Lipinski definition) is 1. The molecule has 2 aliphatic rings. The third-order valence-corrected chi connectivity index (χ3v) is 10.9. The average Bonchev–Trinajstić information content (AvgIpc) is 3.85. The van der Waals surface area contributed by atoms with Crippen molar-refractivity contribution in [1.29, 1.82) is 10.5 Å². The Hall–Kier alpha value is -6.82. The SMILES string of the molecule is COC(=O)c1ccc(C(C#N)C(=O)OC(C)(C)C)nc1.CS(=O)(=O)c1cc(F)ccc1N(Cc1ccc2c3c(c(N)nc2c1)COC3)C(=O)c1ccc(C2(C#N)CC2)nc1. The number of esters is 2. The molecule has 5 aromatic rings. The third kappa shape index (κ3) is 9.23. The van der Waals surface area contributed by atoms with Crippen LogP contribution in [0.25, 0.3) is 10.9 Å². The number of carbonyl (C=O) groups is 3. The van der Waals surface area contributed by atoms with E-state index in [9.17, 15) is 32.5 Å². The van der Waals surface area contributed by atoms with Crippen LogP contribution >= 0.6 is 0 Å². The summed E-state index contributed by atoms with van der Waals surface area (Å²) in [5.74, 6) is -3.23. The highest BCUT2D eigenvalue weighted by Crippen LogP contribution is 2.46. The lowest BCUT2D eigenvalue weighted by Crippen LogP contribution is -2.32. The van der Waals surface area contributed by atoms with Crippen LogP contribution in [-0.4, -0.2) is 60.2 Å². The Bertz CT molecular complexity index is 2700. The van der Waals surface area contributed by atoms with Crippen molar-refractivity contribution in [1.82, 2.24) is 15.0 Å². The topological polar surface area (TPSA) is 229 Å². The number of halogens is 1. The molecule has 0 bridgehead atoms. The minimum atomic E-state index is -3.91. The fourth-order valence-corrected chi connectivity index (χ4v) is 7.38. The second-order valence-corrected chi connectivity index (χ2v) is 17.2. The van der Waals surface area contributed by atoms with Gasteiger partial charge in [0.2, 0.25) is 0 Å². The highest BCUT2D eigenvalue weighted by molar-refractivity contribution is 7.90. The predicted molar refractivity (Wildman–Crippen MR) is 215 cm³/mol. The van der Waals surface area contributed by atoms with Crippen LogP contribution in [0.15, 0.2) is 78.0 Å². The minimum absolute atomic E-state index is 0.0311. The Morgan fingerprint density at radius 3 is 2.27 bits per heavy atom. The molecule has 7 rings (SSSR count). The lowest BCUT2D eigenvalue weighted by Gasteiger charge is -2.25. The number of fused-ring (bicyclic) bond motifs is 3. The number of hydrogen-bond acceptors (Lipinski definition) is 14. The van der Waals surface area contributed by atoms with E-state index in [1.807, 2.05) is 18.2 Å². The molecule has 0 saturated heterocycles. The van der Waals surface area contributed by atoms with Crippen LogP contribution < -0.4 is 10.6 Å². The molecule has 1 atom stereocenters. The summed E-state index contributed by atoms with van der Waals surface area (Å²) in [6, 6.07) is 19.0. The summed E-state index contributed by atoms with van der Waals surface area (Å²) < 4.78 is 54.7. The van der Waals surface area contributed by atoms with Crippen molar-refractivity contribution >= 4 is 50.1 Å². The van der Waals surface area contributed by atoms with Crippen LogP contribution in [0, 0.1) is 28.5 Å². The quantitative estimate of drug-likeness (QED) is 0.168. The number of anilines is 2. The number of methoxy groups -OCH3 is 1. The van der Waals surface area contributed by atoms with Gasteiger partial charge in [-0.1, -0.05) is 12.1 Å². The first kappa shape index (κ1) is 42.8. The number of nitrogens with zero attached hydrogens (tertiary/aromatic N) is 6. The van der Waals surface area contributed by atoms with Gasteiger partial charge in [0, 0.05) is 29.6 Å². The standard InChI is InChI=1S/C29H24FN5O4S.C14H16N2O4/c1-40(37,38)25-11-19(30)4-6-24(25)35(28(36)18-3-7-26(33-12-18)29(16-31)8-9-29)13-17-2-5-20-21-14-39-15-22(21)27(32)34-23(20)10-17;1-14(2,3)20-13(18)10(7-15)11-6-5-9(8-16-11)12(17)19-4/h2-7,10-12H,8-9,13-15H2,1H3,(H2,32,34);5-6,8,10H,1-4H3. The predicted octanol–water partition coefficient (Wildman–Crippen LogP) is 6.00. The van der Waals surface area contributed by atoms with Crippen molar-refractivity contribution in [3.63, 3.8) is 0 Å². The highest BCUT2D eigenvalue weighted by Gasteiger charge is 2.46. The van der Waals surface area contributed by atoms with E-state index < -0.39 is 50.4 Å². The number of aromatic nitrogens is 3. The molecule has 1 saturated carbocycles. The first-order valence-corrected chi connectivity index (χ1v) is 20.4. The minimum Gasteiger partial charge on any atom is -0.465 e. The average molecular weight is 834 g/mol. The Kier molecular flexibility index (Phi) is 12.0. The number of nitrogen functional groups attached to an aromatic ring is 1. The molecular formula is C43H40FN7O8S. The molecule has 308 valence electrons. The molecule has 1 aliphatic heterocycles. The van der Waals surface area contributed by atoms with Gasteiger partial charge in [-0.2, -0.15) is 10.5 Å². The molecule has 0 radical (unpaired) electrons. The van der Waals surface area contributed by atoms with Gasteiger partial charge < -0.3 is 24.8 Å². The van der Waals surface area contributed by atoms with Crippen molar-refractivity contribution in [2.45, 2.75) is 75.2 Å². The highest BCUT2D eigenvalue weighted by atomic mass is 32.2. The second kappa shape index (κ2) is 16.8. The number of nitrogens with two attached hydrogens (primary N) is 1. The first-order chi connectivity index (χ1) is 28.4. The summed E-state index contributed by atoms with van der Waals surface area (Å²) in [5, 5.41) is 19.5. The van der Waals surface area contributed by atoms with Crippen LogP contribution in [0.1, 0.15) is 88.3 Å². The lowest BCUT2D eigenvalue weighted by molar-refractivity contribution is -0.155.